The van der Waals surface area contributed by atoms with Crippen molar-refractivity contribution in [3.05, 3.63) is 59.7 Å². The van der Waals surface area contributed by atoms with Crippen LogP contribution in [0.5, 0.6) is 0 Å². The fourth-order valence-electron chi connectivity index (χ4n) is 1.96. The lowest BCUT2D eigenvalue weighted by Gasteiger charge is -2.05. The van der Waals surface area contributed by atoms with Crippen molar-refractivity contribution in [1.29, 1.82) is 0 Å². The highest BCUT2D eigenvalue weighted by atomic mass is 32.2. The van der Waals surface area contributed by atoms with Gasteiger partial charge in [-0.25, -0.2) is 16.8 Å². The monoisotopic (exact) mass is 446 g/mol. The Hall–Kier alpha value is -1.82. The van der Waals surface area contributed by atoms with E-state index in [9.17, 15) is 25.9 Å². The molecule has 2 rings (SSSR count). The summed E-state index contributed by atoms with van der Waals surface area (Å²) in [5, 5.41) is 0. The molecule has 1 unspecified atom stereocenters. The van der Waals surface area contributed by atoms with Crippen molar-refractivity contribution >= 4 is 20.2 Å². The van der Waals surface area contributed by atoms with Gasteiger partial charge in [-0.3, -0.25) is 0 Å². The smallest absolute Gasteiger partial charge is 0.134 e. The van der Waals surface area contributed by atoms with Gasteiger partial charge in [-0.1, -0.05) is 48.7 Å². The van der Waals surface area contributed by atoms with Gasteiger partial charge >= 0.3 is 0 Å². The molecule has 0 aromatic heterocycles. The van der Waals surface area contributed by atoms with Crippen molar-refractivity contribution in [2.45, 2.75) is 49.4 Å². The number of hydrogen-bond acceptors (Lipinski definition) is 6. The molecule has 10 heteroatoms. The topological polar surface area (TPSA) is 170 Å². The molecule has 2 aromatic carbocycles. The van der Waals surface area contributed by atoms with Crippen LogP contribution in [-0.4, -0.2) is 38.5 Å². The van der Waals surface area contributed by atoms with E-state index in [0.29, 0.717) is 6.04 Å². The normalized spacial score (nSPS) is 12.1. The molecule has 29 heavy (non-hydrogen) atoms. The van der Waals surface area contributed by atoms with Crippen molar-refractivity contribution in [3.63, 3.8) is 0 Å². The quantitative estimate of drug-likeness (QED) is 0.631. The van der Waals surface area contributed by atoms with E-state index in [1.807, 2.05) is 13.8 Å². The first-order valence-electron chi connectivity index (χ1n) is 8.98. The molecule has 0 bridgehead atoms. The Kier molecular flexibility index (Phi) is 11.9. The van der Waals surface area contributed by atoms with Gasteiger partial charge in [-0.05, 0) is 38.1 Å². The fourth-order valence-corrected chi connectivity index (χ4v) is 2.90. The van der Waals surface area contributed by atoms with Gasteiger partial charge in [-0.15, -0.1) is 0 Å². The van der Waals surface area contributed by atoms with Gasteiger partial charge < -0.3 is 20.6 Å². The van der Waals surface area contributed by atoms with Gasteiger partial charge in [0.1, 0.15) is 32.8 Å². The highest BCUT2D eigenvalue weighted by Crippen LogP contribution is 2.09. The van der Waals surface area contributed by atoms with E-state index < -0.39 is 20.2 Å². The van der Waals surface area contributed by atoms with Gasteiger partial charge in [-0.2, -0.15) is 0 Å². The molecule has 0 saturated carbocycles. The third-order valence-electron chi connectivity index (χ3n) is 3.72. The summed E-state index contributed by atoms with van der Waals surface area (Å²) >= 11 is 0. The van der Waals surface area contributed by atoms with E-state index in [2.05, 4.69) is 18.4 Å². The van der Waals surface area contributed by atoms with Gasteiger partial charge in [0.25, 0.3) is 0 Å². The van der Waals surface area contributed by atoms with Crippen LogP contribution in [0.1, 0.15) is 30.9 Å². The molecule has 0 fully saturated rings. The van der Waals surface area contributed by atoms with E-state index in [4.69, 9.17) is 0 Å². The SMILES string of the molecule is CCCC([NH3+])C[NH3+].Cc1ccc(S(=O)(=O)[O-])cc1.Cc1ccc(S(=O)(=O)[O-])cc1. The van der Waals surface area contributed by atoms with E-state index >= 15 is 0 Å². The largest absolute Gasteiger partial charge is 0.744 e. The second-order valence-corrected chi connectivity index (χ2v) is 9.24. The van der Waals surface area contributed by atoms with E-state index in [0.717, 1.165) is 17.7 Å². The summed E-state index contributed by atoms with van der Waals surface area (Å²) in [5.74, 6) is 0. The lowest BCUT2D eigenvalue weighted by Crippen LogP contribution is -2.72. The van der Waals surface area contributed by atoms with Crippen molar-refractivity contribution in [2.24, 2.45) is 0 Å². The van der Waals surface area contributed by atoms with Crippen LogP contribution in [0, 0.1) is 13.8 Å². The average Bonchev–Trinajstić information content (AvgIpc) is 2.62. The number of rotatable bonds is 5. The van der Waals surface area contributed by atoms with Crippen molar-refractivity contribution in [2.75, 3.05) is 6.54 Å². The zero-order chi connectivity index (χ0) is 22.7. The van der Waals surface area contributed by atoms with E-state index in [-0.39, 0.29) is 9.79 Å². The zero-order valence-corrected chi connectivity index (χ0v) is 18.6. The summed E-state index contributed by atoms with van der Waals surface area (Å²) in [6.07, 6.45) is 2.47. The number of hydrogen-bond donors (Lipinski definition) is 2. The van der Waals surface area contributed by atoms with Crippen LogP contribution >= 0.6 is 0 Å². The van der Waals surface area contributed by atoms with Crippen LogP contribution in [0.25, 0.3) is 0 Å². The van der Waals surface area contributed by atoms with Gasteiger partial charge in [0, 0.05) is 6.42 Å². The maximum absolute atomic E-state index is 10.4. The minimum absolute atomic E-state index is 0.178. The summed E-state index contributed by atoms with van der Waals surface area (Å²) < 4.78 is 62.3. The molecule has 0 heterocycles. The summed E-state index contributed by atoms with van der Waals surface area (Å²) in [4.78, 5) is -0.355. The third kappa shape index (κ3) is 12.4. The van der Waals surface area contributed by atoms with Crippen LogP contribution in [-0.2, 0) is 20.2 Å². The molecule has 8 nitrogen and oxygen atoms in total. The number of benzene rings is 2. The number of quaternary nitrogens is 2. The highest BCUT2D eigenvalue weighted by Gasteiger charge is 2.00. The molecule has 0 radical (unpaired) electrons. The molecule has 0 amide bonds. The second kappa shape index (κ2) is 12.7. The Balaban J connectivity index is 0.000000419. The Morgan fingerprint density at radius 1 is 0.793 bits per heavy atom. The molecule has 6 N–H and O–H groups in total. The summed E-state index contributed by atoms with van der Waals surface area (Å²) in [6, 6.07) is 12.2. The Morgan fingerprint density at radius 3 is 1.28 bits per heavy atom. The lowest BCUT2D eigenvalue weighted by molar-refractivity contribution is -0.494. The lowest BCUT2D eigenvalue weighted by atomic mass is 10.2. The first-order valence-corrected chi connectivity index (χ1v) is 11.8. The Labute approximate surface area is 173 Å². The van der Waals surface area contributed by atoms with Gasteiger partial charge in [0.05, 0.1) is 9.79 Å². The summed E-state index contributed by atoms with van der Waals surface area (Å²) in [7, 11) is -8.54. The molecule has 0 saturated heterocycles. The molecule has 0 aliphatic rings. The molecular weight excluding hydrogens is 416 g/mol. The standard InChI is InChI=1S/2C7H8O3S.C5H14N2/c2*1-6-2-4-7(5-3-6)11(8,9)10;1-2-3-5(7)4-6/h2*2-5H,1H3,(H,8,9,10);5H,2-4,6-7H2,1H3. The van der Waals surface area contributed by atoms with Gasteiger partial charge in [0.15, 0.2) is 0 Å². The molecule has 2 aromatic rings. The minimum Gasteiger partial charge on any atom is -0.744 e. The summed E-state index contributed by atoms with van der Waals surface area (Å²) in [5.41, 5.74) is 9.48. The average molecular weight is 447 g/mol. The molecule has 0 aliphatic carbocycles. The third-order valence-corrected chi connectivity index (χ3v) is 5.42. The zero-order valence-electron chi connectivity index (χ0n) is 17.0. The van der Waals surface area contributed by atoms with Crippen LogP contribution < -0.4 is 11.5 Å². The predicted molar refractivity (Wildman–Crippen MR) is 108 cm³/mol. The Bertz CT molecular complexity index is 852. The fraction of sp³-hybridized carbons (Fsp3) is 0.368. The molecule has 164 valence electrons. The summed E-state index contributed by atoms with van der Waals surface area (Å²) in [6.45, 7) is 6.80. The highest BCUT2D eigenvalue weighted by molar-refractivity contribution is 7.86. The first-order chi connectivity index (χ1) is 13.3. The predicted octanol–water partition coefficient (Wildman–Crippen LogP) is 0.437. The molecule has 0 spiro atoms. The van der Waals surface area contributed by atoms with E-state index in [1.165, 1.54) is 37.1 Å². The second-order valence-electron chi connectivity index (χ2n) is 6.48. The molecule has 0 aliphatic heterocycles. The van der Waals surface area contributed by atoms with Crippen molar-refractivity contribution in [1.82, 2.24) is 0 Å². The van der Waals surface area contributed by atoms with Crippen LogP contribution in [0.3, 0.4) is 0 Å². The van der Waals surface area contributed by atoms with Crippen molar-refractivity contribution in [3.8, 4) is 0 Å². The van der Waals surface area contributed by atoms with Crippen LogP contribution in [0.2, 0.25) is 0 Å². The first kappa shape index (κ1) is 27.2. The van der Waals surface area contributed by atoms with E-state index in [1.54, 1.807) is 24.3 Å². The molecule has 1 atom stereocenters. The number of aryl methyl sites for hydroxylation is 2. The molecular formula is C19H30N2O6S2. The van der Waals surface area contributed by atoms with Crippen LogP contribution in [0.15, 0.2) is 58.3 Å². The minimum atomic E-state index is -4.27. The maximum atomic E-state index is 10.4. The van der Waals surface area contributed by atoms with Gasteiger partial charge in [0.2, 0.25) is 0 Å². The van der Waals surface area contributed by atoms with Crippen LogP contribution in [0.4, 0.5) is 0 Å². The van der Waals surface area contributed by atoms with Crippen molar-refractivity contribution < 1.29 is 37.4 Å². The Morgan fingerprint density at radius 2 is 1.10 bits per heavy atom. The maximum Gasteiger partial charge on any atom is 0.134 e.